The molecular formula is C13H20BrNO. The van der Waals surface area contributed by atoms with Gasteiger partial charge in [-0.2, -0.15) is 0 Å². The highest BCUT2D eigenvalue weighted by Gasteiger charge is 2.34. The van der Waals surface area contributed by atoms with Crippen molar-refractivity contribution >= 4 is 21.8 Å². The minimum absolute atomic E-state index is 0.241. The molecule has 3 heteroatoms. The maximum absolute atomic E-state index is 11.6. The summed E-state index contributed by atoms with van der Waals surface area (Å²) in [7, 11) is 0. The molecule has 0 radical (unpaired) electrons. The zero-order valence-corrected chi connectivity index (χ0v) is 11.7. The van der Waals surface area contributed by atoms with Gasteiger partial charge < -0.3 is 4.90 Å². The smallest absolute Gasteiger partial charge is 0.219 e. The molecule has 1 aliphatic heterocycles. The molecule has 2 nitrogen and oxygen atoms in total. The van der Waals surface area contributed by atoms with Gasteiger partial charge in [-0.3, -0.25) is 4.79 Å². The fraction of sp³-hybridized carbons (Fsp3) is 0.769. The molecule has 16 heavy (non-hydrogen) atoms. The number of hydrogen-bond acceptors (Lipinski definition) is 1. The molecule has 1 aliphatic carbocycles. The second-order valence-electron chi connectivity index (χ2n) is 5.14. The molecule has 2 aliphatic rings. The first-order valence-corrected chi connectivity index (χ1v) is 7.29. The lowest BCUT2D eigenvalue weighted by molar-refractivity contribution is -0.131. The van der Waals surface area contributed by atoms with Crippen LogP contribution in [0.1, 0.15) is 39.5 Å². The monoisotopic (exact) mass is 285 g/mol. The molecule has 0 N–H and O–H groups in total. The molecule has 2 atom stereocenters. The minimum atomic E-state index is 0.241. The van der Waals surface area contributed by atoms with Gasteiger partial charge in [-0.25, -0.2) is 0 Å². The minimum Gasteiger partial charge on any atom is -0.336 e. The third-order valence-corrected chi connectivity index (χ3v) is 4.54. The summed E-state index contributed by atoms with van der Waals surface area (Å²) in [6, 6.07) is 0.405. The van der Waals surface area contributed by atoms with E-state index in [-0.39, 0.29) is 5.91 Å². The summed E-state index contributed by atoms with van der Waals surface area (Å²) >= 11 is 3.60. The average molecular weight is 286 g/mol. The van der Waals surface area contributed by atoms with Gasteiger partial charge in [0.05, 0.1) is 6.04 Å². The fourth-order valence-electron chi connectivity index (χ4n) is 3.17. The van der Waals surface area contributed by atoms with Crippen LogP contribution in [0.25, 0.3) is 0 Å². The van der Waals surface area contributed by atoms with Crippen LogP contribution in [0, 0.1) is 5.92 Å². The molecule has 0 aromatic carbocycles. The molecule has 0 spiro atoms. The molecule has 0 unspecified atom stereocenters. The number of halogens is 1. The second kappa shape index (κ2) is 4.91. The van der Waals surface area contributed by atoms with Gasteiger partial charge in [-0.15, -0.1) is 0 Å². The van der Waals surface area contributed by atoms with Gasteiger partial charge in [0.15, 0.2) is 0 Å². The number of nitrogens with zero attached hydrogens (tertiary/aromatic N) is 1. The Morgan fingerprint density at radius 2 is 2.31 bits per heavy atom. The third kappa shape index (κ3) is 2.20. The summed E-state index contributed by atoms with van der Waals surface area (Å²) in [6.07, 6.45) is 4.70. The Hall–Kier alpha value is -0.310. The van der Waals surface area contributed by atoms with E-state index in [4.69, 9.17) is 0 Å². The molecule has 1 fully saturated rings. The number of carbonyl (C=O) groups is 1. The van der Waals surface area contributed by atoms with Gasteiger partial charge in [0, 0.05) is 18.8 Å². The zero-order valence-electron chi connectivity index (χ0n) is 10.1. The Kier molecular flexibility index (Phi) is 3.73. The fourth-order valence-corrected chi connectivity index (χ4v) is 3.75. The number of hydrogen-bond donors (Lipinski definition) is 0. The Balaban J connectivity index is 2.30. The number of allylic oxidation sites excluding steroid dienone is 1. The van der Waals surface area contributed by atoms with Crippen molar-refractivity contribution in [2.24, 2.45) is 5.92 Å². The van der Waals surface area contributed by atoms with Crippen LogP contribution in [0.2, 0.25) is 0 Å². The second-order valence-corrected chi connectivity index (χ2v) is 5.70. The lowest BCUT2D eigenvalue weighted by Gasteiger charge is -2.42. The normalized spacial score (nSPS) is 30.3. The number of alkyl halides is 1. The molecule has 2 rings (SSSR count). The van der Waals surface area contributed by atoms with Gasteiger partial charge in [0.25, 0.3) is 0 Å². The van der Waals surface area contributed by atoms with Crippen LogP contribution < -0.4 is 0 Å². The highest BCUT2D eigenvalue weighted by Crippen LogP contribution is 2.38. The van der Waals surface area contributed by atoms with E-state index in [1.807, 2.05) is 0 Å². The first-order chi connectivity index (χ1) is 7.63. The van der Waals surface area contributed by atoms with Crippen molar-refractivity contribution in [2.75, 3.05) is 11.9 Å². The number of amides is 1. The summed E-state index contributed by atoms with van der Waals surface area (Å²) in [5.74, 6) is 0.950. The Labute approximate surface area is 106 Å². The van der Waals surface area contributed by atoms with E-state index in [9.17, 15) is 4.79 Å². The van der Waals surface area contributed by atoms with E-state index in [1.54, 1.807) is 18.1 Å². The van der Waals surface area contributed by atoms with E-state index in [2.05, 4.69) is 27.8 Å². The van der Waals surface area contributed by atoms with Crippen molar-refractivity contribution in [3.8, 4) is 0 Å². The summed E-state index contributed by atoms with van der Waals surface area (Å²) in [4.78, 5) is 13.7. The van der Waals surface area contributed by atoms with E-state index < -0.39 is 0 Å². The van der Waals surface area contributed by atoms with Gasteiger partial charge >= 0.3 is 0 Å². The van der Waals surface area contributed by atoms with E-state index in [0.29, 0.717) is 12.0 Å². The van der Waals surface area contributed by atoms with Crippen LogP contribution >= 0.6 is 15.9 Å². The van der Waals surface area contributed by atoms with Crippen molar-refractivity contribution in [3.63, 3.8) is 0 Å². The Morgan fingerprint density at radius 1 is 1.56 bits per heavy atom. The number of piperidine rings is 1. The van der Waals surface area contributed by atoms with Crippen molar-refractivity contribution in [1.82, 2.24) is 4.90 Å². The van der Waals surface area contributed by atoms with Crippen LogP contribution in [0.3, 0.4) is 0 Å². The maximum atomic E-state index is 11.6. The first-order valence-electron chi connectivity index (χ1n) is 6.17. The Morgan fingerprint density at radius 3 is 2.94 bits per heavy atom. The Bertz CT molecular complexity index is 324. The molecule has 0 aromatic rings. The lowest BCUT2D eigenvalue weighted by atomic mass is 9.78. The quantitative estimate of drug-likeness (QED) is 0.536. The van der Waals surface area contributed by atoms with Gasteiger partial charge in [-0.1, -0.05) is 28.4 Å². The van der Waals surface area contributed by atoms with Crippen LogP contribution in [-0.4, -0.2) is 28.7 Å². The standard InChI is InChI=1S/C13H20BrNO/c1-9-6-11(8-14)12-4-3-5-15(10(2)16)13(12)7-9/h9,13H,3-8H2,1-2H3/t9-,13-/m1/s1. The number of carbonyl (C=O) groups excluding carboxylic acids is 1. The van der Waals surface area contributed by atoms with Crippen LogP contribution in [-0.2, 0) is 4.79 Å². The molecule has 1 saturated heterocycles. The predicted molar refractivity (Wildman–Crippen MR) is 69.6 cm³/mol. The van der Waals surface area contributed by atoms with Gasteiger partial charge in [0.1, 0.15) is 0 Å². The van der Waals surface area contributed by atoms with E-state index >= 15 is 0 Å². The average Bonchev–Trinajstić information content (AvgIpc) is 2.26. The summed E-state index contributed by atoms with van der Waals surface area (Å²) in [5.41, 5.74) is 3.10. The van der Waals surface area contributed by atoms with E-state index in [1.165, 1.54) is 12.8 Å². The van der Waals surface area contributed by atoms with Gasteiger partial charge in [-0.05, 0) is 37.2 Å². The van der Waals surface area contributed by atoms with Crippen LogP contribution in [0.5, 0.6) is 0 Å². The van der Waals surface area contributed by atoms with Crippen LogP contribution in [0.15, 0.2) is 11.1 Å². The van der Waals surface area contributed by atoms with Crippen molar-refractivity contribution < 1.29 is 4.79 Å². The highest BCUT2D eigenvalue weighted by atomic mass is 79.9. The summed E-state index contributed by atoms with van der Waals surface area (Å²) in [5, 5.41) is 0.981. The molecule has 1 amide bonds. The SMILES string of the molecule is CC(=O)N1CCCC2=C(CBr)C[C@@H](C)C[C@H]21. The van der Waals surface area contributed by atoms with E-state index in [0.717, 1.165) is 24.7 Å². The van der Waals surface area contributed by atoms with Gasteiger partial charge in [0.2, 0.25) is 5.91 Å². The molecule has 0 aromatic heterocycles. The van der Waals surface area contributed by atoms with Crippen LogP contribution in [0.4, 0.5) is 0 Å². The third-order valence-electron chi connectivity index (χ3n) is 3.86. The largest absolute Gasteiger partial charge is 0.336 e. The van der Waals surface area contributed by atoms with Crippen molar-refractivity contribution in [2.45, 2.75) is 45.6 Å². The molecule has 0 bridgehead atoms. The molecule has 90 valence electrons. The number of likely N-dealkylation sites (tertiary alicyclic amines) is 1. The summed E-state index contributed by atoms with van der Waals surface area (Å²) in [6.45, 7) is 4.95. The lowest BCUT2D eigenvalue weighted by Crippen LogP contribution is -2.46. The molecule has 0 saturated carbocycles. The number of fused-ring (bicyclic) bond motifs is 1. The maximum Gasteiger partial charge on any atom is 0.219 e. The van der Waals surface area contributed by atoms with Crippen molar-refractivity contribution in [1.29, 1.82) is 0 Å². The molecular weight excluding hydrogens is 266 g/mol. The topological polar surface area (TPSA) is 20.3 Å². The number of rotatable bonds is 1. The first kappa shape index (κ1) is 12.2. The highest BCUT2D eigenvalue weighted by molar-refractivity contribution is 9.09. The molecule has 1 heterocycles. The predicted octanol–water partition coefficient (Wildman–Crippen LogP) is 3.12. The zero-order chi connectivity index (χ0) is 11.7. The summed E-state index contributed by atoms with van der Waals surface area (Å²) < 4.78 is 0. The van der Waals surface area contributed by atoms with Crippen molar-refractivity contribution in [3.05, 3.63) is 11.1 Å².